The molecule has 38 heavy (non-hydrogen) atoms. The molecule has 0 aliphatic carbocycles. The molecule has 0 radical (unpaired) electrons. The van der Waals surface area contributed by atoms with Crippen LogP contribution in [0.1, 0.15) is 22.8 Å². The molecule has 3 aromatic heterocycles. The van der Waals surface area contributed by atoms with Crippen LogP contribution in [0.3, 0.4) is 0 Å². The van der Waals surface area contributed by atoms with Crippen LogP contribution in [-0.2, 0) is 17.9 Å². The highest BCUT2D eigenvalue weighted by atomic mass is 16.6. The molecule has 5 rings (SSSR count). The molecule has 0 bridgehead atoms. The molecule has 0 saturated carbocycles. The quantitative estimate of drug-likeness (QED) is 0.351. The van der Waals surface area contributed by atoms with Gasteiger partial charge in [0.1, 0.15) is 12.1 Å². The Kier molecular flexibility index (Phi) is 7.45. The van der Waals surface area contributed by atoms with E-state index in [0.29, 0.717) is 73.9 Å². The summed E-state index contributed by atoms with van der Waals surface area (Å²) in [5, 5.41) is 10.5. The lowest BCUT2D eigenvalue weighted by molar-refractivity contribution is 0.0716. The van der Waals surface area contributed by atoms with Crippen molar-refractivity contribution in [3.05, 3.63) is 53.9 Å². The maximum Gasteiger partial charge on any atom is 0.410 e. The number of rotatable bonds is 8. The van der Waals surface area contributed by atoms with E-state index in [9.17, 15) is 9.59 Å². The number of benzene rings is 1. The number of nitrogens with two attached hydrogens (primary N) is 1. The highest BCUT2D eigenvalue weighted by molar-refractivity contribution is 6.05. The fourth-order valence-electron chi connectivity index (χ4n) is 4.48. The minimum absolute atomic E-state index is 0.124. The molecule has 13 nitrogen and oxygen atoms in total. The Morgan fingerprint density at radius 1 is 1.11 bits per heavy atom. The van der Waals surface area contributed by atoms with E-state index in [1.165, 1.54) is 6.20 Å². The molecule has 1 aliphatic heterocycles. The van der Waals surface area contributed by atoms with E-state index in [-0.39, 0.29) is 24.4 Å². The third-order valence-corrected chi connectivity index (χ3v) is 6.49. The maximum absolute atomic E-state index is 13.1. The first-order chi connectivity index (χ1) is 18.5. The van der Waals surface area contributed by atoms with Crippen LogP contribution in [-0.4, -0.2) is 85.9 Å². The Morgan fingerprint density at radius 2 is 1.89 bits per heavy atom. The Labute approximate surface area is 218 Å². The molecule has 1 aliphatic rings. The smallest absolute Gasteiger partial charge is 0.410 e. The van der Waals surface area contributed by atoms with Gasteiger partial charge in [-0.05, 0) is 22.8 Å². The van der Waals surface area contributed by atoms with E-state index < -0.39 is 0 Å². The van der Waals surface area contributed by atoms with Crippen molar-refractivity contribution in [2.24, 2.45) is 0 Å². The third-order valence-electron chi connectivity index (χ3n) is 6.49. The van der Waals surface area contributed by atoms with Gasteiger partial charge in [-0.3, -0.25) is 14.7 Å². The average molecular weight is 520 g/mol. The van der Waals surface area contributed by atoms with Crippen LogP contribution in [0.25, 0.3) is 22.6 Å². The zero-order chi connectivity index (χ0) is 26.5. The number of imidazole rings is 1. The number of aryl methyl sites for hydroxylation is 1. The second-order valence-electron chi connectivity index (χ2n) is 8.86. The van der Waals surface area contributed by atoms with Gasteiger partial charge >= 0.3 is 6.09 Å². The first kappa shape index (κ1) is 25.1. The van der Waals surface area contributed by atoms with Gasteiger partial charge in [0.25, 0.3) is 5.91 Å². The SMILES string of the molecule is CCn1c(-c2nonc2N)nc2cncc(C(=O)NCCN3CCN(C(=O)OCc4ccccc4)CC3)c21. The van der Waals surface area contributed by atoms with Gasteiger partial charge in [0.2, 0.25) is 0 Å². The summed E-state index contributed by atoms with van der Waals surface area (Å²) in [4.78, 5) is 38.2. The maximum atomic E-state index is 13.1. The van der Waals surface area contributed by atoms with Crippen molar-refractivity contribution in [1.29, 1.82) is 0 Å². The van der Waals surface area contributed by atoms with Crippen molar-refractivity contribution in [2.75, 3.05) is 45.0 Å². The van der Waals surface area contributed by atoms with Gasteiger partial charge in [0.05, 0.1) is 17.3 Å². The fourth-order valence-corrected chi connectivity index (χ4v) is 4.48. The number of ether oxygens (including phenoxy) is 1. The summed E-state index contributed by atoms with van der Waals surface area (Å²) < 4.78 is 12.0. The Morgan fingerprint density at radius 3 is 2.61 bits per heavy atom. The largest absolute Gasteiger partial charge is 0.445 e. The Balaban J connectivity index is 1.14. The zero-order valence-corrected chi connectivity index (χ0v) is 21.0. The average Bonchev–Trinajstić information content (AvgIpc) is 3.55. The lowest BCUT2D eigenvalue weighted by Gasteiger charge is -2.34. The van der Waals surface area contributed by atoms with Crippen molar-refractivity contribution in [1.82, 2.24) is 40.0 Å². The van der Waals surface area contributed by atoms with Crippen LogP contribution in [0.2, 0.25) is 0 Å². The number of carbonyl (C=O) groups excluding carboxylic acids is 2. The monoisotopic (exact) mass is 519 g/mol. The van der Waals surface area contributed by atoms with Crippen LogP contribution in [0.4, 0.5) is 10.6 Å². The summed E-state index contributed by atoms with van der Waals surface area (Å²) in [6, 6.07) is 9.61. The molecular formula is C25H29N9O4. The summed E-state index contributed by atoms with van der Waals surface area (Å²) in [7, 11) is 0. The van der Waals surface area contributed by atoms with E-state index in [0.717, 1.165) is 5.56 Å². The van der Waals surface area contributed by atoms with Crippen molar-refractivity contribution in [2.45, 2.75) is 20.1 Å². The number of anilines is 1. The van der Waals surface area contributed by atoms with Gasteiger partial charge in [0, 0.05) is 52.0 Å². The zero-order valence-electron chi connectivity index (χ0n) is 21.0. The van der Waals surface area contributed by atoms with Gasteiger partial charge in [-0.1, -0.05) is 30.3 Å². The van der Waals surface area contributed by atoms with E-state index in [4.69, 9.17) is 15.1 Å². The molecule has 13 heteroatoms. The number of nitrogens with zero attached hydrogens (tertiary/aromatic N) is 7. The molecule has 1 fully saturated rings. The molecule has 2 amide bonds. The number of nitrogens with one attached hydrogen (secondary N) is 1. The number of hydrogen-bond acceptors (Lipinski definition) is 10. The lowest BCUT2D eigenvalue weighted by Crippen LogP contribution is -2.50. The molecule has 0 spiro atoms. The molecule has 0 atom stereocenters. The molecule has 1 aromatic carbocycles. The molecule has 3 N–H and O–H groups in total. The van der Waals surface area contributed by atoms with Crippen LogP contribution < -0.4 is 11.1 Å². The summed E-state index contributed by atoms with van der Waals surface area (Å²) in [5.74, 6) is 0.334. The van der Waals surface area contributed by atoms with Crippen LogP contribution in [0.15, 0.2) is 47.4 Å². The first-order valence-corrected chi connectivity index (χ1v) is 12.4. The minimum Gasteiger partial charge on any atom is -0.445 e. The summed E-state index contributed by atoms with van der Waals surface area (Å²) in [5.41, 5.74) is 8.74. The number of carbonyl (C=O) groups is 2. The number of aromatic nitrogens is 5. The van der Waals surface area contributed by atoms with Gasteiger partial charge < -0.3 is 25.3 Å². The van der Waals surface area contributed by atoms with Crippen LogP contribution in [0.5, 0.6) is 0 Å². The number of pyridine rings is 1. The predicted molar refractivity (Wildman–Crippen MR) is 138 cm³/mol. The van der Waals surface area contributed by atoms with Gasteiger partial charge in [-0.15, -0.1) is 0 Å². The van der Waals surface area contributed by atoms with Crippen molar-refractivity contribution < 1.29 is 19.0 Å². The molecule has 198 valence electrons. The normalized spacial score (nSPS) is 14.1. The van der Waals surface area contributed by atoms with Crippen molar-refractivity contribution in [3.8, 4) is 11.5 Å². The third kappa shape index (κ3) is 5.27. The molecule has 4 aromatic rings. The lowest BCUT2D eigenvalue weighted by atomic mass is 10.2. The van der Waals surface area contributed by atoms with Crippen molar-refractivity contribution >= 4 is 28.9 Å². The number of amides is 2. The van der Waals surface area contributed by atoms with E-state index in [1.807, 2.05) is 41.8 Å². The summed E-state index contributed by atoms with van der Waals surface area (Å²) in [6.07, 6.45) is 2.81. The van der Waals surface area contributed by atoms with Gasteiger partial charge in [0.15, 0.2) is 17.3 Å². The molecule has 0 unspecified atom stereocenters. The Bertz CT molecular complexity index is 1410. The fraction of sp³-hybridized carbons (Fsp3) is 0.360. The number of hydrogen-bond donors (Lipinski definition) is 2. The summed E-state index contributed by atoms with van der Waals surface area (Å²) in [6.45, 7) is 6.37. The molecule has 1 saturated heterocycles. The summed E-state index contributed by atoms with van der Waals surface area (Å²) >= 11 is 0. The van der Waals surface area contributed by atoms with E-state index in [1.54, 1.807) is 11.1 Å². The standard InChI is InChI=1S/C25H29N9O4/c1-2-34-21-18(14-27-15-19(21)29-23(34)20-22(26)31-38-30-20)24(35)28-8-9-32-10-12-33(13-11-32)25(36)37-16-17-6-4-3-5-7-17/h3-7,14-15H,2,8-13,16H2,1H3,(H2,26,31)(H,28,35). The minimum atomic E-state index is -0.308. The van der Waals surface area contributed by atoms with E-state index in [2.05, 4.69) is 30.5 Å². The topological polar surface area (TPSA) is 158 Å². The highest BCUT2D eigenvalue weighted by Gasteiger charge is 2.24. The second-order valence-corrected chi connectivity index (χ2v) is 8.86. The molecule has 4 heterocycles. The van der Waals surface area contributed by atoms with Crippen LogP contribution in [0, 0.1) is 0 Å². The van der Waals surface area contributed by atoms with Crippen LogP contribution >= 0.6 is 0 Å². The second kappa shape index (κ2) is 11.3. The van der Waals surface area contributed by atoms with E-state index >= 15 is 0 Å². The molecular weight excluding hydrogens is 490 g/mol. The highest BCUT2D eigenvalue weighted by Crippen LogP contribution is 2.28. The Hall–Kier alpha value is -4.52. The van der Waals surface area contributed by atoms with Gasteiger partial charge in [-0.2, -0.15) is 0 Å². The van der Waals surface area contributed by atoms with Crippen molar-refractivity contribution in [3.63, 3.8) is 0 Å². The number of piperazine rings is 1. The number of nitrogen functional groups attached to an aromatic ring is 1. The number of fused-ring (bicyclic) bond motifs is 1. The van der Waals surface area contributed by atoms with Gasteiger partial charge in [-0.25, -0.2) is 14.4 Å². The predicted octanol–water partition coefficient (Wildman–Crippen LogP) is 1.77. The first-order valence-electron chi connectivity index (χ1n) is 12.4.